The molecule has 1 heterocycles. The Morgan fingerprint density at radius 3 is 2.61 bits per heavy atom. The molecule has 0 saturated carbocycles. The van der Waals surface area contributed by atoms with Crippen LogP contribution in [-0.2, 0) is 4.79 Å². The van der Waals surface area contributed by atoms with Gasteiger partial charge in [-0.3, -0.25) is 4.79 Å². The van der Waals surface area contributed by atoms with Gasteiger partial charge < -0.3 is 9.80 Å². The molecule has 0 unspecified atom stereocenters. The first-order chi connectivity index (χ1) is 8.70. The molecule has 3 nitrogen and oxygen atoms in total. The minimum atomic E-state index is 0.234. The van der Waals surface area contributed by atoms with Gasteiger partial charge in [0.1, 0.15) is 0 Å². The van der Waals surface area contributed by atoms with E-state index in [2.05, 4.69) is 26.9 Å². The van der Waals surface area contributed by atoms with Crippen LogP contribution < -0.4 is 4.90 Å². The van der Waals surface area contributed by atoms with Crippen molar-refractivity contribution in [3.05, 3.63) is 29.3 Å². The average molecular weight is 332 g/mol. The van der Waals surface area contributed by atoms with Gasteiger partial charge in [0.05, 0.1) is 0 Å². The van der Waals surface area contributed by atoms with Crippen LogP contribution in [0.5, 0.6) is 0 Å². The molecule has 1 aliphatic heterocycles. The van der Waals surface area contributed by atoms with Gasteiger partial charge in [-0.05, 0) is 18.2 Å². The first-order valence-electron chi connectivity index (χ1n) is 6.05. The Hall–Kier alpha value is -0.740. The van der Waals surface area contributed by atoms with Gasteiger partial charge in [0.2, 0.25) is 5.91 Å². The van der Waals surface area contributed by atoms with Crippen molar-refractivity contribution in [3.8, 4) is 0 Å². The molecule has 0 radical (unpaired) electrons. The largest absolute Gasteiger partial charge is 0.368 e. The van der Waals surface area contributed by atoms with Crippen molar-refractivity contribution in [3.63, 3.8) is 0 Å². The topological polar surface area (TPSA) is 23.6 Å². The summed E-state index contributed by atoms with van der Waals surface area (Å²) in [5, 5.41) is 1.49. The molecule has 1 aromatic rings. The number of nitrogens with zero attached hydrogens (tertiary/aromatic N) is 2. The third-order valence-corrected chi connectivity index (χ3v) is 3.75. The second-order valence-electron chi connectivity index (χ2n) is 4.29. The molecule has 0 spiro atoms. The number of carbonyl (C=O) groups excluding carboxylic acids is 1. The molecule has 0 aromatic heterocycles. The minimum Gasteiger partial charge on any atom is -0.368 e. The highest BCUT2D eigenvalue weighted by atomic mass is 79.9. The van der Waals surface area contributed by atoms with E-state index in [1.54, 1.807) is 0 Å². The lowest BCUT2D eigenvalue weighted by molar-refractivity contribution is -0.131. The Morgan fingerprint density at radius 1 is 1.28 bits per heavy atom. The van der Waals surface area contributed by atoms with Crippen LogP contribution in [0.4, 0.5) is 5.69 Å². The van der Waals surface area contributed by atoms with Gasteiger partial charge in [0.15, 0.2) is 0 Å². The maximum atomic E-state index is 11.8. The fourth-order valence-electron chi connectivity index (χ4n) is 2.13. The van der Waals surface area contributed by atoms with Crippen LogP contribution in [0.25, 0.3) is 0 Å². The molecule has 5 heteroatoms. The van der Waals surface area contributed by atoms with Crippen LogP contribution in [0.3, 0.4) is 0 Å². The number of hydrogen-bond acceptors (Lipinski definition) is 2. The number of amides is 1. The number of piperazine rings is 1. The van der Waals surface area contributed by atoms with Gasteiger partial charge in [0, 0.05) is 48.6 Å². The molecule has 1 aliphatic rings. The van der Waals surface area contributed by atoms with Crippen molar-refractivity contribution in [1.82, 2.24) is 4.90 Å². The lowest BCUT2D eigenvalue weighted by Crippen LogP contribution is -2.48. The Bertz CT molecular complexity index is 419. The van der Waals surface area contributed by atoms with Crippen LogP contribution in [0.2, 0.25) is 5.02 Å². The standard InChI is InChI=1S/C13H16BrClN2O/c14-5-4-13(18)17-8-6-16(7-9-17)12-3-1-2-11(15)10-12/h1-3,10H,4-9H2. The van der Waals surface area contributed by atoms with E-state index < -0.39 is 0 Å². The van der Waals surface area contributed by atoms with E-state index in [-0.39, 0.29) is 5.91 Å². The number of anilines is 1. The third-order valence-electron chi connectivity index (χ3n) is 3.11. The molecule has 1 aromatic carbocycles. The fraction of sp³-hybridized carbons (Fsp3) is 0.462. The smallest absolute Gasteiger partial charge is 0.223 e. The monoisotopic (exact) mass is 330 g/mol. The molecule has 98 valence electrons. The number of alkyl halides is 1. The van der Waals surface area contributed by atoms with Gasteiger partial charge >= 0.3 is 0 Å². The molecule has 0 atom stereocenters. The maximum Gasteiger partial charge on any atom is 0.223 e. The quantitative estimate of drug-likeness (QED) is 0.795. The molecule has 1 saturated heterocycles. The summed E-state index contributed by atoms with van der Waals surface area (Å²) in [5.74, 6) is 0.234. The van der Waals surface area contributed by atoms with E-state index in [0.29, 0.717) is 6.42 Å². The molecule has 18 heavy (non-hydrogen) atoms. The van der Waals surface area contributed by atoms with Gasteiger partial charge in [-0.15, -0.1) is 0 Å². The average Bonchev–Trinajstić information content (AvgIpc) is 2.39. The number of halogens is 2. The normalized spacial score (nSPS) is 15.9. The van der Waals surface area contributed by atoms with Crippen molar-refractivity contribution in [1.29, 1.82) is 0 Å². The van der Waals surface area contributed by atoms with Crippen molar-refractivity contribution >= 4 is 39.1 Å². The van der Waals surface area contributed by atoms with E-state index in [0.717, 1.165) is 42.2 Å². The molecule has 2 rings (SSSR count). The SMILES string of the molecule is O=C(CCBr)N1CCN(c2cccc(Cl)c2)CC1. The Kier molecular flexibility index (Phi) is 4.89. The van der Waals surface area contributed by atoms with Crippen molar-refractivity contribution < 1.29 is 4.79 Å². The van der Waals surface area contributed by atoms with Crippen LogP contribution in [0.1, 0.15) is 6.42 Å². The van der Waals surface area contributed by atoms with E-state index in [9.17, 15) is 4.79 Å². The third kappa shape index (κ3) is 3.39. The summed E-state index contributed by atoms with van der Waals surface area (Å²) in [5.41, 5.74) is 1.13. The molecule has 0 aliphatic carbocycles. The number of benzene rings is 1. The van der Waals surface area contributed by atoms with E-state index in [1.165, 1.54) is 0 Å². The Balaban J connectivity index is 1.92. The first kappa shape index (κ1) is 13.7. The highest BCUT2D eigenvalue weighted by molar-refractivity contribution is 9.09. The zero-order valence-corrected chi connectivity index (χ0v) is 12.5. The number of hydrogen-bond donors (Lipinski definition) is 0. The molecule has 0 N–H and O–H groups in total. The zero-order valence-electron chi connectivity index (χ0n) is 10.1. The molecular weight excluding hydrogens is 316 g/mol. The summed E-state index contributed by atoms with van der Waals surface area (Å²) >= 11 is 9.29. The minimum absolute atomic E-state index is 0.234. The molecular formula is C13H16BrClN2O. The van der Waals surface area contributed by atoms with Crippen molar-refractivity contribution in [2.24, 2.45) is 0 Å². The Morgan fingerprint density at radius 2 is 2.00 bits per heavy atom. The number of carbonyl (C=O) groups is 1. The van der Waals surface area contributed by atoms with Gasteiger partial charge in [0.25, 0.3) is 0 Å². The lowest BCUT2D eigenvalue weighted by atomic mass is 10.2. The second kappa shape index (κ2) is 6.43. The van der Waals surface area contributed by atoms with Gasteiger partial charge in [-0.2, -0.15) is 0 Å². The van der Waals surface area contributed by atoms with E-state index >= 15 is 0 Å². The molecule has 1 fully saturated rings. The fourth-order valence-corrected chi connectivity index (χ4v) is 2.65. The van der Waals surface area contributed by atoms with Crippen molar-refractivity contribution in [2.75, 3.05) is 36.4 Å². The first-order valence-corrected chi connectivity index (χ1v) is 7.55. The van der Waals surface area contributed by atoms with Crippen LogP contribution in [0.15, 0.2) is 24.3 Å². The van der Waals surface area contributed by atoms with E-state index in [4.69, 9.17) is 11.6 Å². The highest BCUT2D eigenvalue weighted by Gasteiger charge is 2.20. The summed E-state index contributed by atoms with van der Waals surface area (Å²) in [7, 11) is 0. The maximum absolute atomic E-state index is 11.8. The zero-order chi connectivity index (χ0) is 13.0. The van der Waals surface area contributed by atoms with Gasteiger partial charge in [-0.25, -0.2) is 0 Å². The van der Waals surface area contributed by atoms with Crippen molar-refractivity contribution in [2.45, 2.75) is 6.42 Å². The Labute approximate surface area is 121 Å². The van der Waals surface area contributed by atoms with Crippen LogP contribution in [-0.4, -0.2) is 42.3 Å². The highest BCUT2D eigenvalue weighted by Crippen LogP contribution is 2.20. The predicted molar refractivity (Wildman–Crippen MR) is 78.7 cm³/mol. The summed E-state index contributed by atoms with van der Waals surface area (Å²) in [6.45, 7) is 3.32. The van der Waals surface area contributed by atoms with Crippen LogP contribution in [0, 0.1) is 0 Å². The summed E-state index contributed by atoms with van der Waals surface area (Å²) in [6.07, 6.45) is 0.581. The molecule has 0 bridgehead atoms. The summed E-state index contributed by atoms with van der Waals surface area (Å²) < 4.78 is 0. The second-order valence-corrected chi connectivity index (χ2v) is 5.52. The van der Waals surface area contributed by atoms with Crippen LogP contribution >= 0.6 is 27.5 Å². The summed E-state index contributed by atoms with van der Waals surface area (Å²) in [6, 6.07) is 7.86. The molecule has 1 amide bonds. The predicted octanol–water partition coefficient (Wildman–Crippen LogP) is 2.77. The lowest BCUT2D eigenvalue weighted by Gasteiger charge is -2.36. The van der Waals surface area contributed by atoms with Gasteiger partial charge in [-0.1, -0.05) is 33.6 Å². The summed E-state index contributed by atoms with van der Waals surface area (Å²) in [4.78, 5) is 16.0. The van der Waals surface area contributed by atoms with E-state index in [1.807, 2.05) is 23.1 Å². The number of rotatable bonds is 3.